The van der Waals surface area contributed by atoms with Gasteiger partial charge in [-0.3, -0.25) is 0 Å². The van der Waals surface area contributed by atoms with Crippen molar-refractivity contribution in [1.29, 1.82) is 0 Å². The summed E-state index contributed by atoms with van der Waals surface area (Å²) in [6.45, 7) is 1.66. The van der Waals surface area contributed by atoms with Crippen molar-refractivity contribution in [2.75, 3.05) is 6.61 Å². The largest absolute Gasteiger partial charge is 0.394 e. The number of aliphatic hydroxyl groups excluding tert-OH is 4. The number of hydrogen-bond acceptors (Lipinski definition) is 6. The lowest BCUT2D eigenvalue weighted by atomic mass is 9.94. The molecule has 5 atom stereocenters. The molecule has 1 aromatic carbocycles. The van der Waals surface area contributed by atoms with Gasteiger partial charge in [-0.25, -0.2) is 0 Å². The van der Waals surface area contributed by atoms with E-state index in [1.807, 2.05) is 0 Å². The molecule has 0 radical (unpaired) electrons. The maximum absolute atomic E-state index is 10.3. The van der Waals surface area contributed by atoms with Gasteiger partial charge in [-0.15, -0.1) is 11.3 Å². The topological polar surface area (TPSA) is 90.2 Å². The first kappa shape index (κ1) is 19.8. The highest BCUT2D eigenvalue weighted by Gasteiger charge is 2.44. The molecule has 3 rings (SSSR count). The molecule has 1 aliphatic heterocycles. The van der Waals surface area contributed by atoms with Gasteiger partial charge in [-0.05, 0) is 23.6 Å². The van der Waals surface area contributed by atoms with Crippen molar-refractivity contribution >= 4 is 22.9 Å². The van der Waals surface area contributed by atoms with E-state index in [0.29, 0.717) is 16.3 Å². The van der Waals surface area contributed by atoms with E-state index in [4.69, 9.17) is 16.3 Å². The van der Waals surface area contributed by atoms with Crippen LogP contribution in [0.3, 0.4) is 0 Å². The molecule has 26 heavy (non-hydrogen) atoms. The van der Waals surface area contributed by atoms with Crippen molar-refractivity contribution in [1.82, 2.24) is 0 Å². The van der Waals surface area contributed by atoms with Gasteiger partial charge >= 0.3 is 0 Å². The molecule has 1 saturated heterocycles. The van der Waals surface area contributed by atoms with Crippen LogP contribution in [-0.4, -0.2) is 51.4 Å². The summed E-state index contributed by atoms with van der Waals surface area (Å²) in [4.78, 5) is 1.59. The predicted octanol–water partition coefficient (Wildman–Crippen LogP) is 2.07. The summed E-state index contributed by atoms with van der Waals surface area (Å²) in [5.41, 5.74) is 2.40. The van der Waals surface area contributed by atoms with E-state index in [9.17, 15) is 20.4 Å². The molecule has 0 aliphatic carbocycles. The van der Waals surface area contributed by atoms with E-state index in [2.05, 4.69) is 31.2 Å². The molecule has 7 heteroatoms. The first-order valence-corrected chi connectivity index (χ1v) is 9.80. The Kier molecular flexibility index (Phi) is 6.35. The van der Waals surface area contributed by atoms with Gasteiger partial charge in [0, 0.05) is 16.2 Å². The SMILES string of the molecule is CCc1ccc(Cc2sc([C@@H]3O[C@H](CO)[C@@H](O)[C@H](O)[C@H]3O)cc2Cl)cc1. The van der Waals surface area contributed by atoms with Crippen molar-refractivity contribution in [2.24, 2.45) is 0 Å². The summed E-state index contributed by atoms with van der Waals surface area (Å²) in [6.07, 6.45) is -4.17. The van der Waals surface area contributed by atoms with Gasteiger partial charge in [0.1, 0.15) is 30.5 Å². The predicted molar refractivity (Wildman–Crippen MR) is 101 cm³/mol. The zero-order chi connectivity index (χ0) is 18.8. The summed E-state index contributed by atoms with van der Waals surface area (Å²) >= 11 is 7.77. The Morgan fingerprint density at radius 3 is 2.31 bits per heavy atom. The summed E-state index contributed by atoms with van der Waals surface area (Å²) in [7, 11) is 0. The molecule has 5 nitrogen and oxygen atoms in total. The van der Waals surface area contributed by atoms with Gasteiger partial charge in [0.05, 0.1) is 11.6 Å². The Balaban J connectivity index is 1.80. The van der Waals surface area contributed by atoms with Crippen LogP contribution in [0.15, 0.2) is 30.3 Å². The zero-order valence-corrected chi connectivity index (χ0v) is 16.0. The molecule has 1 fully saturated rings. The second-order valence-corrected chi connectivity index (χ2v) is 8.09. The minimum absolute atomic E-state index is 0.447. The average Bonchev–Trinajstić information content (AvgIpc) is 3.01. The van der Waals surface area contributed by atoms with Crippen LogP contribution in [-0.2, 0) is 17.6 Å². The third kappa shape index (κ3) is 3.97. The van der Waals surface area contributed by atoms with Crippen LogP contribution >= 0.6 is 22.9 Å². The summed E-state index contributed by atoms with van der Waals surface area (Å²) in [5, 5.41) is 40.0. The number of thiophene rings is 1. The molecule has 0 saturated carbocycles. The Morgan fingerprint density at radius 1 is 1.04 bits per heavy atom. The smallest absolute Gasteiger partial charge is 0.121 e. The number of hydrogen-bond donors (Lipinski definition) is 4. The highest BCUT2D eigenvalue weighted by atomic mass is 35.5. The molecule has 0 amide bonds. The Bertz CT molecular complexity index is 730. The van der Waals surface area contributed by atoms with E-state index in [1.165, 1.54) is 16.9 Å². The summed E-state index contributed by atoms with van der Waals surface area (Å²) < 4.78 is 5.61. The fourth-order valence-electron chi connectivity index (χ4n) is 3.10. The van der Waals surface area contributed by atoms with Crippen molar-refractivity contribution < 1.29 is 25.2 Å². The Hall–Kier alpha value is -0.990. The molecule has 1 aliphatic rings. The van der Waals surface area contributed by atoms with Gasteiger partial charge in [0.2, 0.25) is 0 Å². The van der Waals surface area contributed by atoms with Crippen LogP contribution in [0, 0.1) is 0 Å². The first-order chi connectivity index (χ1) is 12.4. The molecule has 0 bridgehead atoms. The fraction of sp³-hybridized carbons (Fsp3) is 0.474. The standard InChI is InChI=1S/C19H23ClO5S/c1-2-10-3-5-11(6-4-10)7-14-12(20)8-15(26-14)19-18(24)17(23)16(22)13(9-21)25-19/h3-6,8,13,16-19,21-24H,2,7,9H2,1H3/t13-,16-,17+,18-,19+/m1/s1. The summed E-state index contributed by atoms with van der Waals surface area (Å²) in [5.74, 6) is 0. The lowest BCUT2D eigenvalue weighted by Gasteiger charge is -2.39. The zero-order valence-electron chi connectivity index (χ0n) is 14.4. The number of benzene rings is 1. The number of aryl methyl sites for hydroxylation is 1. The molecule has 1 aromatic heterocycles. The number of rotatable bonds is 5. The van der Waals surface area contributed by atoms with E-state index >= 15 is 0 Å². The molecular weight excluding hydrogens is 376 g/mol. The van der Waals surface area contributed by atoms with Crippen molar-refractivity contribution in [3.8, 4) is 0 Å². The maximum atomic E-state index is 10.3. The molecule has 142 valence electrons. The molecule has 0 spiro atoms. The molecule has 0 unspecified atom stereocenters. The minimum atomic E-state index is -1.39. The third-order valence-electron chi connectivity index (χ3n) is 4.75. The highest BCUT2D eigenvalue weighted by Crippen LogP contribution is 2.39. The van der Waals surface area contributed by atoms with Crippen LogP contribution in [0.25, 0.3) is 0 Å². The Labute approximate surface area is 161 Å². The first-order valence-electron chi connectivity index (χ1n) is 8.61. The average molecular weight is 399 g/mol. The molecule has 2 aromatic rings. The lowest BCUT2D eigenvalue weighted by molar-refractivity contribution is -0.230. The minimum Gasteiger partial charge on any atom is -0.394 e. The van der Waals surface area contributed by atoms with Gasteiger partial charge in [-0.1, -0.05) is 42.8 Å². The van der Waals surface area contributed by atoms with Crippen molar-refractivity contribution in [2.45, 2.75) is 50.3 Å². The second-order valence-electron chi connectivity index (χ2n) is 6.52. The monoisotopic (exact) mass is 398 g/mol. The molecular formula is C19H23ClO5S. The molecule has 2 heterocycles. The van der Waals surface area contributed by atoms with Crippen molar-refractivity contribution in [3.63, 3.8) is 0 Å². The maximum Gasteiger partial charge on any atom is 0.121 e. The fourth-order valence-corrected chi connectivity index (χ4v) is 4.63. The van der Waals surface area contributed by atoms with E-state index in [-0.39, 0.29) is 0 Å². The third-order valence-corrected chi connectivity index (χ3v) is 6.39. The Morgan fingerprint density at radius 2 is 1.69 bits per heavy atom. The highest BCUT2D eigenvalue weighted by molar-refractivity contribution is 7.12. The van der Waals surface area contributed by atoms with E-state index in [1.54, 1.807) is 6.07 Å². The molecule has 4 N–H and O–H groups in total. The van der Waals surface area contributed by atoms with Crippen LogP contribution in [0.2, 0.25) is 5.02 Å². The van der Waals surface area contributed by atoms with Crippen LogP contribution in [0.4, 0.5) is 0 Å². The van der Waals surface area contributed by atoms with Gasteiger partial charge in [0.15, 0.2) is 0 Å². The number of halogens is 1. The second kappa shape index (κ2) is 8.35. The van der Waals surface area contributed by atoms with Crippen LogP contribution < -0.4 is 0 Å². The van der Waals surface area contributed by atoms with E-state index < -0.39 is 37.1 Å². The quantitative estimate of drug-likeness (QED) is 0.619. The van der Waals surface area contributed by atoms with Gasteiger partial charge in [-0.2, -0.15) is 0 Å². The van der Waals surface area contributed by atoms with E-state index in [0.717, 1.165) is 16.9 Å². The summed E-state index contributed by atoms with van der Waals surface area (Å²) in [6, 6.07) is 10.0. The van der Waals surface area contributed by atoms with Gasteiger partial charge in [0.25, 0.3) is 0 Å². The lowest BCUT2D eigenvalue weighted by Crippen LogP contribution is -2.55. The van der Waals surface area contributed by atoms with Crippen LogP contribution in [0.5, 0.6) is 0 Å². The number of aliphatic hydroxyl groups is 4. The normalized spacial score (nSPS) is 29.1. The van der Waals surface area contributed by atoms with Crippen LogP contribution in [0.1, 0.15) is 33.9 Å². The number of ether oxygens (including phenoxy) is 1. The van der Waals surface area contributed by atoms with Crippen molar-refractivity contribution in [3.05, 3.63) is 56.2 Å². The van der Waals surface area contributed by atoms with Gasteiger partial charge < -0.3 is 25.2 Å².